The van der Waals surface area contributed by atoms with Gasteiger partial charge in [-0.15, -0.1) is 0 Å². The number of ether oxygens (including phenoxy) is 1. The molecule has 1 atom stereocenters. The second-order valence-electron chi connectivity index (χ2n) is 4.90. The third-order valence-corrected chi connectivity index (χ3v) is 3.15. The Morgan fingerprint density at radius 3 is 2.35 bits per heavy atom. The van der Waals surface area contributed by atoms with Crippen molar-refractivity contribution in [3.63, 3.8) is 0 Å². The summed E-state index contributed by atoms with van der Waals surface area (Å²) in [4.78, 5) is 12.2. The molecule has 0 saturated carbocycles. The zero-order chi connectivity index (χ0) is 14.7. The molecule has 0 aromatic heterocycles. The van der Waals surface area contributed by atoms with E-state index in [1.807, 2.05) is 19.1 Å². The first-order valence-electron chi connectivity index (χ1n) is 6.51. The first-order valence-corrected chi connectivity index (χ1v) is 6.51. The van der Waals surface area contributed by atoms with Gasteiger partial charge >= 0.3 is 0 Å². The number of carbonyl (C=O) groups excluding carboxylic acids is 1. The van der Waals surface area contributed by atoms with E-state index in [0.29, 0.717) is 16.9 Å². The lowest BCUT2D eigenvalue weighted by atomic mass is 10.1. The van der Waals surface area contributed by atoms with Gasteiger partial charge in [-0.2, -0.15) is 0 Å². The minimum absolute atomic E-state index is 0.0908. The summed E-state index contributed by atoms with van der Waals surface area (Å²) in [6.45, 7) is 5.32. The van der Waals surface area contributed by atoms with E-state index in [0.717, 1.165) is 5.56 Å². The molecule has 1 unspecified atom stereocenters. The Kier molecular flexibility index (Phi) is 4.18. The number of carbonyl (C=O) groups is 1. The molecule has 3 heteroatoms. The molecule has 0 aliphatic heterocycles. The second kappa shape index (κ2) is 5.87. The summed E-state index contributed by atoms with van der Waals surface area (Å²) in [5.41, 5.74) is 2.21. The second-order valence-corrected chi connectivity index (χ2v) is 4.90. The first kappa shape index (κ1) is 14.3. The minimum atomic E-state index is -0.609. The number of aryl methyl sites for hydroxylation is 2. The quantitative estimate of drug-likeness (QED) is 0.783. The van der Waals surface area contributed by atoms with Crippen molar-refractivity contribution in [2.24, 2.45) is 0 Å². The van der Waals surface area contributed by atoms with Crippen molar-refractivity contribution in [2.75, 3.05) is 0 Å². The van der Waals surface area contributed by atoms with Crippen LogP contribution in [0.15, 0.2) is 42.5 Å². The molecular formula is C17H17FO2. The highest BCUT2D eigenvalue weighted by Crippen LogP contribution is 2.18. The normalized spacial score (nSPS) is 12.0. The van der Waals surface area contributed by atoms with Crippen LogP contribution in [0, 0.1) is 19.7 Å². The number of rotatable bonds is 4. The van der Waals surface area contributed by atoms with E-state index >= 15 is 0 Å². The van der Waals surface area contributed by atoms with Crippen LogP contribution in [0.5, 0.6) is 5.75 Å². The molecule has 2 aromatic carbocycles. The van der Waals surface area contributed by atoms with E-state index in [4.69, 9.17) is 4.74 Å². The Labute approximate surface area is 118 Å². The molecule has 0 spiro atoms. The van der Waals surface area contributed by atoms with Crippen LogP contribution in [0.4, 0.5) is 4.39 Å². The van der Waals surface area contributed by atoms with Crippen molar-refractivity contribution in [2.45, 2.75) is 26.9 Å². The number of benzene rings is 2. The van der Waals surface area contributed by atoms with Crippen LogP contribution in [0.25, 0.3) is 0 Å². The van der Waals surface area contributed by atoms with Gasteiger partial charge in [-0.1, -0.05) is 29.8 Å². The maximum absolute atomic E-state index is 13.2. The smallest absolute Gasteiger partial charge is 0.202 e. The average Bonchev–Trinajstić information content (AvgIpc) is 2.43. The number of hydrogen-bond donors (Lipinski definition) is 0. The zero-order valence-electron chi connectivity index (χ0n) is 11.8. The van der Waals surface area contributed by atoms with Crippen molar-refractivity contribution in [3.8, 4) is 5.75 Å². The van der Waals surface area contributed by atoms with Gasteiger partial charge in [0.1, 0.15) is 11.6 Å². The van der Waals surface area contributed by atoms with Crippen molar-refractivity contribution in [3.05, 3.63) is 65.0 Å². The van der Waals surface area contributed by atoms with E-state index in [2.05, 4.69) is 0 Å². The summed E-state index contributed by atoms with van der Waals surface area (Å²) < 4.78 is 18.8. The molecule has 0 bridgehead atoms. The standard InChI is InChI=1S/C17H17FO2/c1-11-4-6-14(7-5-11)17(19)13(3)20-15-8-9-16(18)12(2)10-15/h4-10,13H,1-3H3. The van der Waals surface area contributed by atoms with Gasteiger partial charge in [0.2, 0.25) is 5.78 Å². The van der Waals surface area contributed by atoms with Crippen molar-refractivity contribution in [1.82, 2.24) is 0 Å². The fourth-order valence-corrected chi connectivity index (χ4v) is 1.90. The Morgan fingerprint density at radius 1 is 1.10 bits per heavy atom. The zero-order valence-corrected chi connectivity index (χ0v) is 11.8. The van der Waals surface area contributed by atoms with Crippen LogP contribution in [-0.2, 0) is 0 Å². The van der Waals surface area contributed by atoms with E-state index in [9.17, 15) is 9.18 Å². The molecule has 0 amide bonds. The lowest BCUT2D eigenvalue weighted by molar-refractivity contribution is 0.0818. The lowest BCUT2D eigenvalue weighted by Gasteiger charge is -2.14. The third kappa shape index (κ3) is 3.23. The highest BCUT2D eigenvalue weighted by Gasteiger charge is 2.17. The summed E-state index contributed by atoms with van der Waals surface area (Å²) in [5.74, 6) is 0.124. The molecule has 0 aliphatic carbocycles. The molecule has 0 aliphatic rings. The Morgan fingerprint density at radius 2 is 1.75 bits per heavy atom. The van der Waals surface area contributed by atoms with E-state index in [1.54, 1.807) is 32.0 Å². The maximum Gasteiger partial charge on any atom is 0.202 e. The van der Waals surface area contributed by atoms with Gasteiger partial charge in [-0.3, -0.25) is 4.79 Å². The molecule has 104 valence electrons. The topological polar surface area (TPSA) is 26.3 Å². The van der Waals surface area contributed by atoms with Gasteiger partial charge in [0.15, 0.2) is 6.10 Å². The van der Waals surface area contributed by atoms with E-state index in [1.165, 1.54) is 12.1 Å². The SMILES string of the molecule is Cc1ccc(C(=O)C(C)Oc2ccc(F)c(C)c2)cc1. The van der Waals surface area contributed by atoms with Gasteiger partial charge in [-0.05, 0) is 44.5 Å². The van der Waals surface area contributed by atoms with Gasteiger partial charge in [0, 0.05) is 5.56 Å². The molecule has 0 fully saturated rings. The highest BCUT2D eigenvalue weighted by molar-refractivity contribution is 5.99. The molecule has 0 radical (unpaired) electrons. The number of Topliss-reactive ketones (excluding diaryl/α,β-unsaturated/α-hetero) is 1. The van der Waals surface area contributed by atoms with Crippen LogP contribution in [-0.4, -0.2) is 11.9 Å². The highest BCUT2D eigenvalue weighted by atomic mass is 19.1. The summed E-state index contributed by atoms with van der Waals surface area (Å²) in [7, 11) is 0. The summed E-state index contributed by atoms with van der Waals surface area (Å²) in [5, 5.41) is 0. The van der Waals surface area contributed by atoms with E-state index < -0.39 is 6.10 Å². The van der Waals surface area contributed by atoms with Crippen LogP contribution >= 0.6 is 0 Å². The molecule has 0 heterocycles. The van der Waals surface area contributed by atoms with Crippen LogP contribution in [0.3, 0.4) is 0 Å². The first-order chi connectivity index (χ1) is 9.47. The predicted octanol–water partition coefficient (Wildman–Crippen LogP) is 4.09. The third-order valence-electron chi connectivity index (χ3n) is 3.15. The van der Waals surface area contributed by atoms with Crippen LogP contribution in [0.1, 0.15) is 28.4 Å². The molecular weight excluding hydrogens is 255 g/mol. The number of halogens is 1. The fraction of sp³-hybridized carbons (Fsp3) is 0.235. The molecule has 2 aromatic rings. The van der Waals surface area contributed by atoms with Gasteiger partial charge in [-0.25, -0.2) is 4.39 Å². The Bertz CT molecular complexity index is 617. The largest absolute Gasteiger partial charge is 0.483 e. The fourth-order valence-electron chi connectivity index (χ4n) is 1.90. The molecule has 20 heavy (non-hydrogen) atoms. The molecule has 2 rings (SSSR count). The lowest BCUT2D eigenvalue weighted by Crippen LogP contribution is -2.23. The van der Waals surface area contributed by atoms with Gasteiger partial charge in [0.25, 0.3) is 0 Å². The number of hydrogen-bond acceptors (Lipinski definition) is 2. The van der Waals surface area contributed by atoms with Crippen molar-refractivity contribution >= 4 is 5.78 Å². The van der Waals surface area contributed by atoms with Gasteiger partial charge in [0.05, 0.1) is 0 Å². The number of ketones is 1. The van der Waals surface area contributed by atoms with Crippen molar-refractivity contribution in [1.29, 1.82) is 0 Å². The summed E-state index contributed by atoms with van der Waals surface area (Å²) in [6, 6.07) is 11.8. The van der Waals surface area contributed by atoms with Crippen molar-refractivity contribution < 1.29 is 13.9 Å². The molecule has 2 nitrogen and oxygen atoms in total. The van der Waals surface area contributed by atoms with Gasteiger partial charge < -0.3 is 4.74 Å². The Hall–Kier alpha value is -2.16. The summed E-state index contributed by atoms with van der Waals surface area (Å²) in [6.07, 6.45) is -0.609. The predicted molar refractivity (Wildman–Crippen MR) is 76.7 cm³/mol. The minimum Gasteiger partial charge on any atom is -0.483 e. The van der Waals surface area contributed by atoms with Crippen LogP contribution in [0.2, 0.25) is 0 Å². The average molecular weight is 272 g/mol. The Balaban J connectivity index is 2.11. The maximum atomic E-state index is 13.2. The van der Waals surface area contributed by atoms with Crippen LogP contribution < -0.4 is 4.74 Å². The monoisotopic (exact) mass is 272 g/mol. The van der Waals surface area contributed by atoms with E-state index in [-0.39, 0.29) is 11.6 Å². The molecule has 0 saturated heterocycles. The summed E-state index contributed by atoms with van der Waals surface area (Å²) >= 11 is 0. The molecule has 0 N–H and O–H groups in total.